The summed E-state index contributed by atoms with van der Waals surface area (Å²) in [7, 11) is 0. The van der Waals surface area contributed by atoms with Crippen LogP contribution in [0.4, 0.5) is 0 Å². The van der Waals surface area contributed by atoms with Gasteiger partial charge < -0.3 is 4.74 Å². The molecule has 0 saturated heterocycles. The van der Waals surface area contributed by atoms with E-state index in [-0.39, 0.29) is 11.5 Å². The maximum absolute atomic E-state index is 12.5. The number of tetrazole rings is 1. The summed E-state index contributed by atoms with van der Waals surface area (Å²) in [6, 6.07) is 13.4. The van der Waals surface area contributed by atoms with E-state index in [4.69, 9.17) is 4.74 Å². The Morgan fingerprint density at radius 1 is 1.15 bits per heavy atom. The maximum Gasteiger partial charge on any atom is 0.214 e. The molecule has 0 fully saturated rings. The Kier molecular flexibility index (Phi) is 5.68. The molecule has 0 aliphatic rings. The maximum atomic E-state index is 12.5. The van der Waals surface area contributed by atoms with Gasteiger partial charge in [-0.2, -0.15) is 4.68 Å². The normalized spacial score (nSPS) is 10.7. The van der Waals surface area contributed by atoms with Crippen molar-refractivity contribution in [2.24, 2.45) is 0 Å². The highest BCUT2D eigenvalue weighted by molar-refractivity contribution is 7.99. The van der Waals surface area contributed by atoms with Crippen LogP contribution in [0, 0.1) is 13.8 Å². The highest BCUT2D eigenvalue weighted by Crippen LogP contribution is 2.22. The second-order valence-electron chi connectivity index (χ2n) is 5.83. The van der Waals surface area contributed by atoms with Crippen molar-refractivity contribution in [2.75, 3.05) is 12.4 Å². The molecule has 0 bridgehead atoms. The fraction of sp³-hybridized carbons (Fsp3) is 0.263. The Morgan fingerprint density at radius 3 is 2.62 bits per heavy atom. The summed E-state index contributed by atoms with van der Waals surface area (Å²) in [5, 5.41) is 12.4. The first-order valence-corrected chi connectivity index (χ1v) is 9.32. The number of ether oxygens (including phenoxy) is 1. The lowest BCUT2D eigenvalue weighted by atomic mass is 10.0. The van der Waals surface area contributed by atoms with Crippen LogP contribution in [0.3, 0.4) is 0 Å². The number of benzene rings is 2. The second-order valence-corrected chi connectivity index (χ2v) is 6.77. The fourth-order valence-corrected chi connectivity index (χ4v) is 3.39. The number of hydrogen-bond acceptors (Lipinski definition) is 6. The third-order valence-electron chi connectivity index (χ3n) is 3.85. The highest BCUT2D eigenvalue weighted by atomic mass is 32.2. The van der Waals surface area contributed by atoms with Crippen molar-refractivity contribution in [3.8, 4) is 11.4 Å². The van der Waals surface area contributed by atoms with Crippen LogP contribution in [-0.4, -0.2) is 38.4 Å². The summed E-state index contributed by atoms with van der Waals surface area (Å²) in [5.74, 6) is 1.14. The van der Waals surface area contributed by atoms with E-state index in [2.05, 4.69) is 15.5 Å². The molecule has 0 spiro atoms. The first-order chi connectivity index (χ1) is 12.6. The highest BCUT2D eigenvalue weighted by Gasteiger charge is 2.14. The first kappa shape index (κ1) is 18.1. The zero-order valence-electron chi connectivity index (χ0n) is 15.0. The molecule has 3 aromatic rings. The molecule has 0 atom stereocenters. The minimum Gasteiger partial charge on any atom is -0.494 e. The molecular formula is C19H20N4O2S. The summed E-state index contributed by atoms with van der Waals surface area (Å²) < 4.78 is 7.07. The molecule has 26 heavy (non-hydrogen) atoms. The first-order valence-electron chi connectivity index (χ1n) is 8.33. The van der Waals surface area contributed by atoms with Gasteiger partial charge in [0.15, 0.2) is 5.78 Å². The lowest BCUT2D eigenvalue weighted by Crippen LogP contribution is -2.07. The van der Waals surface area contributed by atoms with Crippen LogP contribution in [0.1, 0.15) is 28.4 Å². The summed E-state index contributed by atoms with van der Waals surface area (Å²) in [6.07, 6.45) is 0. The van der Waals surface area contributed by atoms with Gasteiger partial charge in [-0.1, -0.05) is 35.5 Å². The molecule has 0 saturated carbocycles. The van der Waals surface area contributed by atoms with Gasteiger partial charge in [-0.05, 0) is 61.0 Å². The number of ketones is 1. The molecule has 1 aromatic heterocycles. The van der Waals surface area contributed by atoms with Crippen molar-refractivity contribution in [3.05, 3.63) is 59.2 Å². The van der Waals surface area contributed by atoms with Gasteiger partial charge in [-0.15, -0.1) is 5.10 Å². The average Bonchev–Trinajstić information content (AvgIpc) is 3.09. The van der Waals surface area contributed by atoms with Crippen molar-refractivity contribution in [1.29, 1.82) is 0 Å². The number of aromatic nitrogens is 4. The monoisotopic (exact) mass is 368 g/mol. The third kappa shape index (κ3) is 4.11. The quantitative estimate of drug-likeness (QED) is 0.468. The topological polar surface area (TPSA) is 69.9 Å². The van der Waals surface area contributed by atoms with Crippen LogP contribution in [0.15, 0.2) is 47.6 Å². The molecule has 3 rings (SSSR count). The zero-order chi connectivity index (χ0) is 18.5. The molecule has 0 radical (unpaired) electrons. The predicted molar refractivity (Wildman–Crippen MR) is 101 cm³/mol. The molecule has 134 valence electrons. The number of Topliss-reactive ketones (excluding diaryl/α,β-unsaturated/α-hetero) is 1. The molecule has 7 heteroatoms. The van der Waals surface area contributed by atoms with Crippen molar-refractivity contribution < 1.29 is 9.53 Å². The minimum atomic E-state index is 0.0637. The van der Waals surface area contributed by atoms with Crippen molar-refractivity contribution in [2.45, 2.75) is 25.9 Å². The van der Waals surface area contributed by atoms with Crippen LogP contribution in [-0.2, 0) is 0 Å². The summed E-state index contributed by atoms with van der Waals surface area (Å²) in [4.78, 5) is 12.5. The SMILES string of the molecule is CCOc1ccc(-n2nnnc2SCC(=O)c2ccc(C)cc2C)cc1. The van der Waals surface area contributed by atoms with E-state index in [1.54, 1.807) is 4.68 Å². The number of aryl methyl sites for hydroxylation is 2. The molecule has 0 N–H and O–H groups in total. The van der Waals surface area contributed by atoms with E-state index in [0.717, 1.165) is 28.1 Å². The summed E-state index contributed by atoms with van der Waals surface area (Å²) >= 11 is 1.32. The number of nitrogens with zero attached hydrogens (tertiary/aromatic N) is 4. The Balaban J connectivity index is 1.71. The van der Waals surface area contributed by atoms with Gasteiger partial charge in [-0.25, -0.2) is 0 Å². The number of rotatable bonds is 7. The molecule has 0 amide bonds. The van der Waals surface area contributed by atoms with Gasteiger partial charge in [0.05, 0.1) is 18.0 Å². The average molecular weight is 368 g/mol. The second kappa shape index (κ2) is 8.14. The Labute approximate surface area is 156 Å². The van der Waals surface area contributed by atoms with Gasteiger partial charge in [0, 0.05) is 5.56 Å². The smallest absolute Gasteiger partial charge is 0.214 e. The zero-order valence-corrected chi connectivity index (χ0v) is 15.8. The van der Waals surface area contributed by atoms with Gasteiger partial charge >= 0.3 is 0 Å². The number of carbonyl (C=O) groups excluding carboxylic acids is 1. The van der Waals surface area contributed by atoms with Crippen molar-refractivity contribution in [1.82, 2.24) is 20.2 Å². The molecular weight excluding hydrogens is 348 g/mol. The lowest BCUT2D eigenvalue weighted by Gasteiger charge is -2.07. The lowest BCUT2D eigenvalue weighted by molar-refractivity contribution is 0.102. The van der Waals surface area contributed by atoms with E-state index in [0.29, 0.717) is 11.8 Å². The Morgan fingerprint density at radius 2 is 1.92 bits per heavy atom. The van der Waals surface area contributed by atoms with Gasteiger partial charge in [0.25, 0.3) is 0 Å². The molecule has 0 aliphatic carbocycles. The third-order valence-corrected chi connectivity index (χ3v) is 4.77. The van der Waals surface area contributed by atoms with Gasteiger partial charge in [0.1, 0.15) is 5.75 Å². The summed E-state index contributed by atoms with van der Waals surface area (Å²) in [5.41, 5.74) is 3.69. The van der Waals surface area contributed by atoms with Gasteiger partial charge in [-0.3, -0.25) is 4.79 Å². The Hall–Kier alpha value is -2.67. The van der Waals surface area contributed by atoms with Crippen LogP contribution < -0.4 is 4.74 Å². The molecule has 0 aliphatic heterocycles. The van der Waals surface area contributed by atoms with Crippen molar-refractivity contribution >= 4 is 17.5 Å². The largest absolute Gasteiger partial charge is 0.494 e. The minimum absolute atomic E-state index is 0.0637. The number of thioether (sulfide) groups is 1. The van der Waals surface area contributed by atoms with Crippen LogP contribution >= 0.6 is 11.8 Å². The van der Waals surface area contributed by atoms with E-state index in [9.17, 15) is 4.79 Å². The van der Waals surface area contributed by atoms with Gasteiger partial charge in [0.2, 0.25) is 5.16 Å². The number of carbonyl (C=O) groups is 1. The van der Waals surface area contributed by atoms with Crippen LogP contribution in [0.25, 0.3) is 5.69 Å². The van der Waals surface area contributed by atoms with E-state index < -0.39 is 0 Å². The van der Waals surface area contributed by atoms with E-state index in [1.807, 2.05) is 63.2 Å². The van der Waals surface area contributed by atoms with E-state index in [1.165, 1.54) is 11.8 Å². The summed E-state index contributed by atoms with van der Waals surface area (Å²) in [6.45, 7) is 6.53. The Bertz CT molecular complexity index is 906. The van der Waals surface area contributed by atoms with Crippen LogP contribution in [0.2, 0.25) is 0 Å². The fourth-order valence-electron chi connectivity index (χ4n) is 2.62. The van der Waals surface area contributed by atoms with E-state index >= 15 is 0 Å². The molecule has 0 unspecified atom stereocenters. The predicted octanol–water partition coefficient (Wildman–Crippen LogP) is 3.65. The standard InChI is InChI=1S/C19H20N4O2S/c1-4-25-16-8-6-15(7-9-16)23-19(20-21-22-23)26-12-18(24)17-10-5-13(2)11-14(17)3/h5-11H,4,12H2,1-3H3. The molecule has 1 heterocycles. The number of hydrogen-bond donors (Lipinski definition) is 0. The molecule has 6 nitrogen and oxygen atoms in total. The van der Waals surface area contributed by atoms with Crippen molar-refractivity contribution in [3.63, 3.8) is 0 Å². The molecule has 2 aromatic carbocycles. The van der Waals surface area contributed by atoms with Crippen LogP contribution in [0.5, 0.6) is 5.75 Å².